The molecule has 5 nitrogen and oxygen atoms in total. The number of aromatic nitrogens is 3. The van der Waals surface area contributed by atoms with Crippen molar-refractivity contribution < 1.29 is 18.0 Å². The van der Waals surface area contributed by atoms with E-state index in [2.05, 4.69) is 15.4 Å². The Hall–Kier alpha value is -3.39. The van der Waals surface area contributed by atoms with Crippen molar-refractivity contribution >= 4 is 23.2 Å². The summed E-state index contributed by atoms with van der Waals surface area (Å²) in [4.78, 5) is 17.0. The molecule has 0 aliphatic heterocycles. The monoisotopic (exact) mass is 444 g/mol. The van der Waals surface area contributed by atoms with Gasteiger partial charge >= 0.3 is 6.18 Å². The molecule has 2 aromatic carbocycles. The predicted molar refractivity (Wildman–Crippen MR) is 111 cm³/mol. The van der Waals surface area contributed by atoms with Crippen LogP contribution >= 0.6 is 11.6 Å². The lowest BCUT2D eigenvalue weighted by atomic mass is 10.1. The lowest BCUT2D eigenvalue weighted by Gasteiger charge is -2.13. The smallest absolute Gasteiger partial charge is 0.344 e. The Balaban J connectivity index is 1.79. The van der Waals surface area contributed by atoms with Gasteiger partial charge in [0.25, 0.3) is 5.91 Å². The van der Waals surface area contributed by atoms with Gasteiger partial charge in [0.05, 0.1) is 11.7 Å². The minimum atomic E-state index is -4.73. The van der Waals surface area contributed by atoms with Gasteiger partial charge in [0.1, 0.15) is 5.02 Å². The highest BCUT2D eigenvalue weighted by atomic mass is 35.5. The van der Waals surface area contributed by atoms with Gasteiger partial charge in [-0.1, -0.05) is 72.3 Å². The number of nitrogens with zero attached hydrogens (tertiary/aromatic N) is 3. The first-order valence-electron chi connectivity index (χ1n) is 9.33. The van der Waals surface area contributed by atoms with Crippen molar-refractivity contribution in [3.8, 4) is 11.3 Å². The number of rotatable bonds is 4. The maximum Gasteiger partial charge on any atom is 0.433 e. The fourth-order valence-electron chi connectivity index (χ4n) is 3.19. The Labute approximate surface area is 180 Å². The van der Waals surface area contributed by atoms with Gasteiger partial charge in [0.2, 0.25) is 0 Å². The van der Waals surface area contributed by atoms with E-state index >= 15 is 0 Å². The first-order valence-corrected chi connectivity index (χ1v) is 9.71. The number of amides is 1. The summed E-state index contributed by atoms with van der Waals surface area (Å²) in [5, 5.41) is 6.31. The molecule has 1 unspecified atom stereocenters. The largest absolute Gasteiger partial charge is 0.433 e. The molecule has 0 aliphatic rings. The van der Waals surface area contributed by atoms with Crippen LogP contribution in [0.5, 0.6) is 0 Å². The number of hydrogen-bond acceptors (Lipinski definition) is 3. The molecule has 4 aromatic rings. The van der Waals surface area contributed by atoms with Crippen molar-refractivity contribution in [2.75, 3.05) is 0 Å². The zero-order chi connectivity index (χ0) is 22.2. The van der Waals surface area contributed by atoms with Gasteiger partial charge in [-0.3, -0.25) is 4.79 Å². The van der Waals surface area contributed by atoms with Crippen LogP contribution in [0.1, 0.15) is 34.7 Å². The third-order valence-corrected chi connectivity index (χ3v) is 5.10. The summed E-state index contributed by atoms with van der Waals surface area (Å²) < 4.78 is 41.8. The molecule has 2 aromatic heterocycles. The molecule has 4 rings (SSSR count). The topological polar surface area (TPSA) is 59.3 Å². The van der Waals surface area contributed by atoms with Crippen LogP contribution in [0.15, 0.2) is 66.7 Å². The fourth-order valence-corrected chi connectivity index (χ4v) is 3.43. The van der Waals surface area contributed by atoms with Gasteiger partial charge in [-0.15, -0.1) is 0 Å². The number of hydrogen-bond donors (Lipinski definition) is 1. The minimum Gasteiger partial charge on any atom is -0.344 e. The molecular formula is C22H16ClF3N4O. The quantitative estimate of drug-likeness (QED) is 0.448. The average molecular weight is 445 g/mol. The molecule has 0 aliphatic carbocycles. The maximum absolute atomic E-state index is 13.8. The van der Waals surface area contributed by atoms with Gasteiger partial charge in [-0.2, -0.15) is 18.3 Å². The summed E-state index contributed by atoms with van der Waals surface area (Å²) in [7, 11) is 0. The third kappa shape index (κ3) is 4.11. The highest BCUT2D eigenvalue weighted by Gasteiger charge is 2.36. The highest BCUT2D eigenvalue weighted by molar-refractivity contribution is 6.36. The summed E-state index contributed by atoms with van der Waals surface area (Å²) in [5.74, 6) is -0.693. The number of nitrogens with one attached hydrogen (secondary N) is 1. The SMILES string of the molecule is CC(NC(=O)c1nn2c(C(F)(F)F)cc(-c3ccccc3)nc2c1Cl)c1ccccc1. The van der Waals surface area contributed by atoms with E-state index in [0.29, 0.717) is 10.1 Å². The molecule has 1 N–H and O–H groups in total. The van der Waals surface area contributed by atoms with Gasteiger partial charge in [-0.05, 0) is 18.6 Å². The second kappa shape index (κ2) is 8.03. The number of fused-ring (bicyclic) bond motifs is 1. The summed E-state index contributed by atoms with van der Waals surface area (Å²) in [5.41, 5.74) is -0.256. The molecule has 0 fully saturated rings. The molecule has 0 spiro atoms. The lowest BCUT2D eigenvalue weighted by Crippen LogP contribution is -2.27. The van der Waals surface area contributed by atoms with Gasteiger partial charge in [0.15, 0.2) is 17.0 Å². The standard InChI is InChI=1S/C22H16ClF3N4O/c1-13(14-8-4-2-5-9-14)27-21(31)19-18(23)20-28-16(15-10-6-3-7-11-15)12-17(22(24,25)26)30(20)29-19/h2-13H,1H3,(H,27,31). The molecule has 0 radical (unpaired) electrons. The molecule has 1 atom stereocenters. The van der Waals surface area contributed by atoms with Crippen molar-refractivity contribution in [1.82, 2.24) is 19.9 Å². The number of carbonyl (C=O) groups excluding carboxylic acids is 1. The molecule has 1 amide bonds. The van der Waals surface area contributed by atoms with Crippen LogP contribution < -0.4 is 5.32 Å². The van der Waals surface area contributed by atoms with E-state index in [1.54, 1.807) is 37.3 Å². The normalized spacial score (nSPS) is 12.7. The van der Waals surface area contributed by atoms with Gasteiger partial charge in [-0.25, -0.2) is 9.50 Å². The van der Waals surface area contributed by atoms with Crippen molar-refractivity contribution in [3.63, 3.8) is 0 Å². The Kier molecular flexibility index (Phi) is 5.41. The van der Waals surface area contributed by atoms with E-state index in [9.17, 15) is 18.0 Å². The van der Waals surface area contributed by atoms with E-state index in [-0.39, 0.29) is 22.1 Å². The zero-order valence-corrected chi connectivity index (χ0v) is 16.9. The van der Waals surface area contributed by atoms with Gasteiger partial charge < -0.3 is 5.32 Å². The van der Waals surface area contributed by atoms with Crippen LogP contribution in [0.25, 0.3) is 16.9 Å². The summed E-state index contributed by atoms with van der Waals surface area (Å²) in [6, 6.07) is 18.0. The van der Waals surface area contributed by atoms with Crippen LogP contribution in [-0.4, -0.2) is 20.5 Å². The van der Waals surface area contributed by atoms with Crippen LogP contribution in [0.2, 0.25) is 5.02 Å². The summed E-state index contributed by atoms with van der Waals surface area (Å²) in [6.07, 6.45) is -4.73. The Morgan fingerprint density at radius 2 is 1.68 bits per heavy atom. The third-order valence-electron chi connectivity index (χ3n) is 4.76. The van der Waals surface area contributed by atoms with E-state index in [1.807, 2.05) is 30.3 Å². The molecular weight excluding hydrogens is 429 g/mol. The second-order valence-electron chi connectivity index (χ2n) is 6.89. The van der Waals surface area contributed by atoms with Crippen LogP contribution in [-0.2, 0) is 6.18 Å². The van der Waals surface area contributed by atoms with Crippen molar-refractivity contribution in [3.05, 3.63) is 88.7 Å². The molecule has 9 heteroatoms. The maximum atomic E-state index is 13.8. The Morgan fingerprint density at radius 1 is 1.06 bits per heavy atom. The summed E-state index contributed by atoms with van der Waals surface area (Å²) >= 11 is 6.29. The molecule has 158 valence electrons. The Bertz CT molecular complexity index is 1240. The molecule has 31 heavy (non-hydrogen) atoms. The Morgan fingerprint density at radius 3 is 2.29 bits per heavy atom. The van der Waals surface area contributed by atoms with Crippen molar-refractivity contribution in [2.45, 2.75) is 19.1 Å². The van der Waals surface area contributed by atoms with E-state index < -0.39 is 23.8 Å². The van der Waals surface area contributed by atoms with E-state index in [4.69, 9.17) is 11.6 Å². The number of alkyl halides is 3. The molecule has 0 saturated carbocycles. The van der Waals surface area contributed by atoms with Crippen molar-refractivity contribution in [1.29, 1.82) is 0 Å². The van der Waals surface area contributed by atoms with Crippen molar-refractivity contribution in [2.24, 2.45) is 0 Å². The number of benzene rings is 2. The summed E-state index contributed by atoms with van der Waals surface area (Å²) in [6.45, 7) is 1.75. The first-order chi connectivity index (χ1) is 14.8. The van der Waals surface area contributed by atoms with E-state index in [0.717, 1.165) is 11.6 Å². The first kappa shape index (κ1) is 20.9. The molecule has 2 heterocycles. The zero-order valence-electron chi connectivity index (χ0n) is 16.2. The number of halogens is 4. The van der Waals surface area contributed by atoms with Gasteiger partial charge in [0, 0.05) is 5.56 Å². The molecule has 0 bridgehead atoms. The average Bonchev–Trinajstić information content (AvgIpc) is 3.10. The lowest BCUT2D eigenvalue weighted by molar-refractivity contribution is -0.142. The predicted octanol–water partition coefficient (Wildman–Crippen LogP) is 5.56. The molecule has 0 saturated heterocycles. The van der Waals surface area contributed by atoms with E-state index in [1.165, 1.54) is 0 Å². The highest BCUT2D eigenvalue weighted by Crippen LogP contribution is 2.34. The van der Waals surface area contributed by atoms with Crippen LogP contribution in [0.4, 0.5) is 13.2 Å². The van der Waals surface area contributed by atoms with Crippen LogP contribution in [0, 0.1) is 0 Å². The fraction of sp³-hybridized carbons (Fsp3) is 0.136. The van der Waals surface area contributed by atoms with Crippen LogP contribution in [0.3, 0.4) is 0 Å². The minimum absolute atomic E-state index is 0.0758. The second-order valence-corrected chi connectivity index (χ2v) is 7.27. The number of carbonyl (C=O) groups is 1.